The Labute approximate surface area is 174 Å². The number of unbranched alkanes of at least 4 members (excludes halogenated alkanes) is 1. The molecule has 0 aliphatic carbocycles. The number of benzene rings is 2. The molecule has 0 aliphatic heterocycles. The smallest absolute Gasteiger partial charge is 0.251 e. The summed E-state index contributed by atoms with van der Waals surface area (Å²) in [5, 5.41) is 5.90. The second kappa shape index (κ2) is 12.0. The van der Waals surface area contributed by atoms with Gasteiger partial charge in [0.1, 0.15) is 0 Å². The van der Waals surface area contributed by atoms with Crippen molar-refractivity contribution < 1.29 is 9.59 Å². The molecular weight excluding hydrogens is 362 g/mol. The van der Waals surface area contributed by atoms with Crippen LogP contribution in [0.2, 0.25) is 0 Å². The number of amides is 2. The van der Waals surface area contributed by atoms with Gasteiger partial charge >= 0.3 is 0 Å². The van der Waals surface area contributed by atoms with E-state index >= 15 is 0 Å². The van der Waals surface area contributed by atoms with Crippen LogP contribution in [0.4, 0.5) is 5.69 Å². The molecule has 0 bridgehead atoms. The molecular formula is C24H33N3O2. The SMILES string of the molecule is CCN(CC)CCCC[C@H](NC(=O)c1ccc(NC(C)=O)cc1)c1ccccc1. The summed E-state index contributed by atoms with van der Waals surface area (Å²) < 4.78 is 0. The van der Waals surface area contributed by atoms with E-state index in [1.165, 1.54) is 6.92 Å². The van der Waals surface area contributed by atoms with Crippen LogP contribution in [0, 0.1) is 0 Å². The standard InChI is InChI=1S/C24H33N3O2/c1-4-27(5-2)18-10-9-13-23(20-11-7-6-8-12-20)26-24(29)21-14-16-22(17-15-21)25-19(3)28/h6-8,11-12,14-17,23H,4-5,9-10,13,18H2,1-3H3,(H,25,28)(H,26,29)/t23-/m0/s1. The van der Waals surface area contributed by atoms with Crippen LogP contribution in [-0.2, 0) is 4.79 Å². The fraction of sp³-hybridized carbons (Fsp3) is 0.417. The lowest BCUT2D eigenvalue weighted by Crippen LogP contribution is -2.29. The largest absolute Gasteiger partial charge is 0.345 e. The van der Waals surface area contributed by atoms with E-state index in [4.69, 9.17) is 0 Å². The molecule has 0 radical (unpaired) electrons. The first-order valence-electron chi connectivity index (χ1n) is 10.5. The quantitative estimate of drug-likeness (QED) is 0.546. The summed E-state index contributed by atoms with van der Waals surface area (Å²) in [4.78, 5) is 26.4. The van der Waals surface area contributed by atoms with Crippen LogP contribution in [0.1, 0.15) is 62.0 Å². The maximum atomic E-state index is 12.8. The highest BCUT2D eigenvalue weighted by molar-refractivity contribution is 5.95. The average Bonchev–Trinajstić information content (AvgIpc) is 2.73. The molecule has 0 aromatic heterocycles. The predicted molar refractivity (Wildman–Crippen MR) is 119 cm³/mol. The minimum absolute atomic E-state index is 0.0181. The minimum Gasteiger partial charge on any atom is -0.345 e. The Bertz CT molecular complexity index is 755. The van der Waals surface area contributed by atoms with Gasteiger partial charge in [-0.1, -0.05) is 44.2 Å². The van der Waals surface area contributed by atoms with E-state index in [2.05, 4.69) is 41.5 Å². The molecule has 0 saturated heterocycles. The maximum absolute atomic E-state index is 12.8. The Kier molecular flexibility index (Phi) is 9.38. The molecule has 29 heavy (non-hydrogen) atoms. The van der Waals surface area contributed by atoms with Gasteiger partial charge in [-0.3, -0.25) is 9.59 Å². The number of anilines is 1. The summed E-state index contributed by atoms with van der Waals surface area (Å²) in [5.41, 5.74) is 2.40. The number of carbonyl (C=O) groups is 2. The normalized spacial score (nSPS) is 11.9. The van der Waals surface area contributed by atoms with Crippen molar-refractivity contribution in [2.75, 3.05) is 25.0 Å². The highest BCUT2D eigenvalue weighted by atomic mass is 16.2. The van der Waals surface area contributed by atoms with Crippen LogP contribution < -0.4 is 10.6 Å². The molecule has 0 fully saturated rings. The number of rotatable bonds is 11. The van der Waals surface area contributed by atoms with Gasteiger partial charge in [0.25, 0.3) is 5.91 Å². The maximum Gasteiger partial charge on any atom is 0.251 e. The predicted octanol–water partition coefficient (Wildman–Crippen LogP) is 4.63. The molecule has 0 heterocycles. The molecule has 2 aromatic rings. The van der Waals surface area contributed by atoms with Crippen molar-refractivity contribution in [2.45, 2.75) is 46.1 Å². The van der Waals surface area contributed by atoms with E-state index in [-0.39, 0.29) is 17.9 Å². The summed E-state index contributed by atoms with van der Waals surface area (Å²) in [5.74, 6) is -0.229. The highest BCUT2D eigenvalue weighted by Gasteiger charge is 2.16. The Morgan fingerprint density at radius 1 is 0.931 bits per heavy atom. The lowest BCUT2D eigenvalue weighted by molar-refractivity contribution is -0.114. The number of carbonyl (C=O) groups excluding carboxylic acids is 2. The van der Waals surface area contributed by atoms with Crippen LogP contribution in [0.3, 0.4) is 0 Å². The first-order valence-corrected chi connectivity index (χ1v) is 10.5. The monoisotopic (exact) mass is 395 g/mol. The summed E-state index contributed by atoms with van der Waals surface area (Å²) in [6.45, 7) is 9.08. The summed E-state index contributed by atoms with van der Waals surface area (Å²) in [7, 11) is 0. The van der Waals surface area contributed by atoms with Crippen LogP contribution in [-0.4, -0.2) is 36.3 Å². The zero-order valence-corrected chi connectivity index (χ0v) is 17.8. The first-order chi connectivity index (χ1) is 14.0. The summed E-state index contributed by atoms with van der Waals surface area (Å²) >= 11 is 0. The van der Waals surface area contributed by atoms with Crippen LogP contribution in [0.5, 0.6) is 0 Å². The topological polar surface area (TPSA) is 61.4 Å². The minimum atomic E-state index is -0.129. The van der Waals surface area contributed by atoms with Gasteiger partial charge in [0.2, 0.25) is 5.91 Å². The Hall–Kier alpha value is -2.66. The Balaban J connectivity index is 1.99. The first kappa shape index (κ1) is 22.6. The molecule has 1 atom stereocenters. The summed E-state index contributed by atoms with van der Waals surface area (Å²) in [6, 6.07) is 17.1. The molecule has 2 rings (SSSR count). The molecule has 2 amide bonds. The number of hydrogen-bond acceptors (Lipinski definition) is 3. The number of hydrogen-bond donors (Lipinski definition) is 2. The van der Waals surface area contributed by atoms with Gasteiger partial charge in [-0.25, -0.2) is 0 Å². The summed E-state index contributed by atoms with van der Waals surface area (Å²) in [6.07, 6.45) is 3.07. The number of nitrogens with one attached hydrogen (secondary N) is 2. The van der Waals surface area contributed by atoms with Gasteiger partial charge in [-0.05, 0) is 68.7 Å². The van der Waals surface area contributed by atoms with Gasteiger partial charge in [0, 0.05) is 18.2 Å². The van der Waals surface area contributed by atoms with Gasteiger partial charge in [0.05, 0.1) is 6.04 Å². The van der Waals surface area contributed by atoms with Crippen molar-refractivity contribution in [2.24, 2.45) is 0 Å². The third-order valence-corrected chi connectivity index (χ3v) is 5.09. The van der Waals surface area contributed by atoms with Crippen LogP contribution in [0.25, 0.3) is 0 Å². The van der Waals surface area contributed by atoms with Crippen LogP contribution >= 0.6 is 0 Å². The van der Waals surface area contributed by atoms with E-state index in [1.54, 1.807) is 24.3 Å². The fourth-order valence-corrected chi connectivity index (χ4v) is 3.38. The van der Waals surface area contributed by atoms with E-state index in [9.17, 15) is 9.59 Å². The molecule has 0 unspecified atom stereocenters. The van der Waals surface area contributed by atoms with E-state index in [1.807, 2.05) is 18.2 Å². The zero-order chi connectivity index (χ0) is 21.1. The molecule has 2 N–H and O–H groups in total. The van der Waals surface area contributed by atoms with Crippen molar-refractivity contribution >= 4 is 17.5 Å². The van der Waals surface area contributed by atoms with E-state index in [0.717, 1.165) is 44.5 Å². The number of nitrogens with zero attached hydrogens (tertiary/aromatic N) is 1. The molecule has 2 aromatic carbocycles. The van der Waals surface area contributed by atoms with Crippen molar-refractivity contribution in [1.82, 2.24) is 10.2 Å². The molecule has 156 valence electrons. The second-order valence-electron chi connectivity index (χ2n) is 7.22. The lowest BCUT2D eigenvalue weighted by atomic mass is 10.00. The molecule has 0 spiro atoms. The third kappa shape index (κ3) is 7.70. The van der Waals surface area contributed by atoms with E-state index < -0.39 is 0 Å². The van der Waals surface area contributed by atoms with Gasteiger partial charge in [-0.15, -0.1) is 0 Å². The third-order valence-electron chi connectivity index (χ3n) is 5.09. The second-order valence-corrected chi connectivity index (χ2v) is 7.22. The van der Waals surface area contributed by atoms with Gasteiger partial charge < -0.3 is 15.5 Å². The molecule has 0 aliphatic rings. The Morgan fingerprint density at radius 2 is 1.59 bits per heavy atom. The zero-order valence-electron chi connectivity index (χ0n) is 17.8. The Morgan fingerprint density at radius 3 is 2.17 bits per heavy atom. The van der Waals surface area contributed by atoms with Crippen LogP contribution in [0.15, 0.2) is 54.6 Å². The fourth-order valence-electron chi connectivity index (χ4n) is 3.38. The van der Waals surface area contributed by atoms with Crippen molar-refractivity contribution in [1.29, 1.82) is 0 Å². The van der Waals surface area contributed by atoms with Crippen molar-refractivity contribution in [3.63, 3.8) is 0 Å². The van der Waals surface area contributed by atoms with Crippen molar-refractivity contribution in [3.8, 4) is 0 Å². The van der Waals surface area contributed by atoms with Crippen molar-refractivity contribution in [3.05, 3.63) is 65.7 Å². The van der Waals surface area contributed by atoms with Gasteiger partial charge in [0.15, 0.2) is 0 Å². The van der Waals surface area contributed by atoms with Gasteiger partial charge in [-0.2, -0.15) is 0 Å². The molecule has 5 heteroatoms. The van der Waals surface area contributed by atoms with E-state index in [0.29, 0.717) is 11.3 Å². The highest BCUT2D eigenvalue weighted by Crippen LogP contribution is 2.20. The molecule has 5 nitrogen and oxygen atoms in total. The lowest BCUT2D eigenvalue weighted by Gasteiger charge is -2.21. The molecule has 0 saturated carbocycles. The average molecular weight is 396 g/mol.